The Hall–Kier alpha value is -2.24. The third-order valence-electron chi connectivity index (χ3n) is 3.36. The van der Waals surface area contributed by atoms with E-state index in [1.807, 2.05) is 4.90 Å². The van der Waals surface area contributed by atoms with Crippen LogP contribution in [0.5, 0.6) is 5.75 Å². The number of aliphatic carboxylic acids is 1. The Bertz CT molecular complexity index is 479. The SMILES string of the molecule is O=C(O)COc1ccc(NC(=O)N2CCCCCC2)cc1. The van der Waals surface area contributed by atoms with Gasteiger partial charge in [-0.3, -0.25) is 0 Å². The van der Waals surface area contributed by atoms with Crippen molar-refractivity contribution in [1.29, 1.82) is 0 Å². The quantitative estimate of drug-likeness (QED) is 0.894. The molecule has 2 N–H and O–H groups in total. The number of carboxylic acid groups (broad SMARTS) is 1. The topological polar surface area (TPSA) is 78.9 Å². The molecule has 1 aliphatic rings. The molecule has 6 heteroatoms. The van der Waals surface area contributed by atoms with E-state index in [1.165, 1.54) is 12.8 Å². The van der Waals surface area contributed by atoms with Gasteiger partial charge < -0.3 is 20.1 Å². The standard InChI is InChI=1S/C15H20N2O4/c18-14(19)11-21-13-7-5-12(6-8-13)16-15(20)17-9-3-1-2-4-10-17/h5-8H,1-4,9-11H2,(H,16,20)(H,18,19). The van der Waals surface area contributed by atoms with Crippen LogP contribution >= 0.6 is 0 Å². The number of hydrogen-bond acceptors (Lipinski definition) is 3. The molecule has 0 aliphatic carbocycles. The van der Waals surface area contributed by atoms with Crippen LogP contribution in [0.1, 0.15) is 25.7 Å². The molecule has 0 bridgehead atoms. The van der Waals surface area contributed by atoms with Crippen LogP contribution in [0.2, 0.25) is 0 Å². The smallest absolute Gasteiger partial charge is 0.341 e. The maximum Gasteiger partial charge on any atom is 0.341 e. The van der Waals surface area contributed by atoms with Gasteiger partial charge in [0.25, 0.3) is 0 Å². The minimum atomic E-state index is -1.02. The summed E-state index contributed by atoms with van der Waals surface area (Å²) in [7, 11) is 0. The Morgan fingerprint density at radius 2 is 1.71 bits per heavy atom. The van der Waals surface area contributed by atoms with E-state index in [4.69, 9.17) is 9.84 Å². The molecule has 114 valence electrons. The Kier molecular flexibility index (Phi) is 5.43. The number of nitrogens with one attached hydrogen (secondary N) is 1. The van der Waals surface area contributed by atoms with Gasteiger partial charge in [-0.25, -0.2) is 9.59 Å². The van der Waals surface area contributed by atoms with Crippen molar-refractivity contribution in [2.24, 2.45) is 0 Å². The van der Waals surface area contributed by atoms with Gasteiger partial charge in [0.15, 0.2) is 6.61 Å². The van der Waals surface area contributed by atoms with E-state index in [0.29, 0.717) is 11.4 Å². The molecule has 0 saturated carbocycles. The summed E-state index contributed by atoms with van der Waals surface area (Å²) in [6.07, 6.45) is 4.46. The summed E-state index contributed by atoms with van der Waals surface area (Å²) in [6.45, 7) is 1.22. The summed E-state index contributed by atoms with van der Waals surface area (Å²) in [5.41, 5.74) is 0.673. The van der Waals surface area contributed by atoms with E-state index in [1.54, 1.807) is 24.3 Å². The molecule has 21 heavy (non-hydrogen) atoms. The van der Waals surface area contributed by atoms with Gasteiger partial charge in [0.1, 0.15) is 5.75 Å². The first kappa shape index (κ1) is 15.2. The number of carbonyl (C=O) groups excluding carboxylic acids is 1. The van der Waals surface area contributed by atoms with Gasteiger partial charge in [-0.2, -0.15) is 0 Å². The summed E-state index contributed by atoms with van der Waals surface area (Å²) in [6, 6.07) is 6.60. The van der Waals surface area contributed by atoms with Crippen molar-refractivity contribution in [2.75, 3.05) is 25.0 Å². The lowest BCUT2D eigenvalue weighted by Gasteiger charge is -2.20. The predicted octanol–water partition coefficient (Wildman–Crippen LogP) is 2.56. The number of urea groups is 1. The largest absolute Gasteiger partial charge is 0.482 e. The molecular formula is C15H20N2O4. The predicted molar refractivity (Wildman–Crippen MR) is 78.6 cm³/mol. The Balaban J connectivity index is 1.87. The van der Waals surface area contributed by atoms with Gasteiger partial charge in [-0.1, -0.05) is 12.8 Å². The maximum atomic E-state index is 12.1. The van der Waals surface area contributed by atoms with E-state index in [2.05, 4.69) is 5.32 Å². The van der Waals surface area contributed by atoms with Gasteiger partial charge in [0.05, 0.1) is 0 Å². The molecule has 0 radical (unpaired) electrons. The first-order chi connectivity index (χ1) is 10.1. The zero-order valence-electron chi connectivity index (χ0n) is 11.9. The van der Waals surface area contributed by atoms with Gasteiger partial charge >= 0.3 is 12.0 Å². The zero-order chi connectivity index (χ0) is 15.1. The molecule has 0 aromatic heterocycles. The first-order valence-corrected chi connectivity index (χ1v) is 7.16. The van der Waals surface area contributed by atoms with E-state index in [-0.39, 0.29) is 12.6 Å². The fourth-order valence-corrected chi connectivity index (χ4v) is 2.26. The molecule has 1 heterocycles. The van der Waals surface area contributed by atoms with Crippen LogP contribution in [-0.2, 0) is 4.79 Å². The fraction of sp³-hybridized carbons (Fsp3) is 0.467. The van der Waals surface area contributed by atoms with Crippen LogP contribution in [0.3, 0.4) is 0 Å². The number of nitrogens with zero attached hydrogens (tertiary/aromatic N) is 1. The summed E-state index contributed by atoms with van der Waals surface area (Å²) < 4.78 is 5.04. The highest BCUT2D eigenvalue weighted by Crippen LogP contribution is 2.17. The fourth-order valence-electron chi connectivity index (χ4n) is 2.26. The van der Waals surface area contributed by atoms with Crippen LogP contribution in [0.25, 0.3) is 0 Å². The molecule has 1 aromatic carbocycles. The van der Waals surface area contributed by atoms with E-state index < -0.39 is 5.97 Å². The number of carbonyl (C=O) groups is 2. The molecule has 1 saturated heterocycles. The van der Waals surface area contributed by atoms with Crippen LogP contribution < -0.4 is 10.1 Å². The highest BCUT2D eigenvalue weighted by molar-refractivity contribution is 5.89. The molecule has 6 nitrogen and oxygen atoms in total. The van der Waals surface area contributed by atoms with Crippen molar-refractivity contribution < 1.29 is 19.4 Å². The van der Waals surface area contributed by atoms with Crippen LogP contribution in [-0.4, -0.2) is 41.7 Å². The lowest BCUT2D eigenvalue weighted by Crippen LogP contribution is -2.35. The van der Waals surface area contributed by atoms with Crippen LogP contribution in [0, 0.1) is 0 Å². The number of ether oxygens (including phenoxy) is 1. The summed E-state index contributed by atoms with van der Waals surface area (Å²) in [5.74, 6) is -0.557. The molecule has 2 amide bonds. The number of benzene rings is 1. The average Bonchev–Trinajstić information content (AvgIpc) is 2.75. The van der Waals surface area contributed by atoms with Gasteiger partial charge in [0, 0.05) is 18.8 Å². The van der Waals surface area contributed by atoms with E-state index in [0.717, 1.165) is 25.9 Å². The molecule has 0 spiro atoms. The van der Waals surface area contributed by atoms with Crippen molar-refractivity contribution in [3.05, 3.63) is 24.3 Å². The highest BCUT2D eigenvalue weighted by atomic mass is 16.5. The number of amides is 2. The normalized spacial score (nSPS) is 15.1. The van der Waals surface area contributed by atoms with Crippen LogP contribution in [0.15, 0.2) is 24.3 Å². The number of rotatable bonds is 4. The van der Waals surface area contributed by atoms with Crippen molar-refractivity contribution in [1.82, 2.24) is 4.90 Å². The monoisotopic (exact) mass is 292 g/mol. The second kappa shape index (κ2) is 7.52. The van der Waals surface area contributed by atoms with Crippen molar-refractivity contribution in [3.63, 3.8) is 0 Å². The molecule has 2 rings (SSSR count). The van der Waals surface area contributed by atoms with E-state index in [9.17, 15) is 9.59 Å². The third-order valence-corrected chi connectivity index (χ3v) is 3.36. The molecular weight excluding hydrogens is 272 g/mol. The average molecular weight is 292 g/mol. The second-order valence-electron chi connectivity index (χ2n) is 5.04. The molecule has 1 fully saturated rings. The summed E-state index contributed by atoms with van der Waals surface area (Å²) in [4.78, 5) is 24.4. The van der Waals surface area contributed by atoms with Gasteiger partial charge in [-0.15, -0.1) is 0 Å². The van der Waals surface area contributed by atoms with Crippen molar-refractivity contribution in [3.8, 4) is 5.75 Å². The Morgan fingerprint density at radius 3 is 2.29 bits per heavy atom. The lowest BCUT2D eigenvalue weighted by atomic mass is 10.2. The molecule has 0 atom stereocenters. The minimum Gasteiger partial charge on any atom is -0.482 e. The zero-order valence-corrected chi connectivity index (χ0v) is 11.9. The number of carboxylic acids is 1. The molecule has 0 unspecified atom stereocenters. The van der Waals surface area contributed by atoms with Gasteiger partial charge in [0.2, 0.25) is 0 Å². The van der Waals surface area contributed by atoms with Gasteiger partial charge in [-0.05, 0) is 37.1 Å². The Labute approximate surface area is 123 Å². The molecule has 1 aromatic rings. The highest BCUT2D eigenvalue weighted by Gasteiger charge is 2.15. The minimum absolute atomic E-state index is 0.0869. The number of likely N-dealkylation sites (tertiary alicyclic amines) is 1. The van der Waals surface area contributed by atoms with Crippen molar-refractivity contribution in [2.45, 2.75) is 25.7 Å². The number of hydrogen-bond donors (Lipinski definition) is 2. The summed E-state index contributed by atoms with van der Waals surface area (Å²) >= 11 is 0. The van der Waals surface area contributed by atoms with E-state index >= 15 is 0 Å². The Morgan fingerprint density at radius 1 is 1.10 bits per heavy atom. The van der Waals surface area contributed by atoms with Crippen molar-refractivity contribution >= 4 is 17.7 Å². The summed E-state index contributed by atoms with van der Waals surface area (Å²) in [5, 5.41) is 11.4. The lowest BCUT2D eigenvalue weighted by molar-refractivity contribution is -0.139. The molecule has 1 aliphatic heterocycles. The number of anilines is 1. The second-order valence-corrected chi connectivity index (χ2v) is 5.04. The first-order valence-electron chi connectivity index (χ1n) is 7.16. The maximum absolute atomic E-state index is 12.1. The third kappa shape index (κ3) is 4.98. The van der Waals surface area contributed by atoms with Crippen LogP contribution in [0.4, 0.5) is 10.5 Å².